The molecular weight excluding hydrogens is 322 g/mol. The Morgan fingerprint density at radius 1 is 1.25 bits per heavy atom. The Kier molecular flexibility index (Phi) is 7.09. The standard InChI is InChI=1S/C18H27N3O2S/c1-4-20(5-2)17(22)14-8-11-21(12-9-14)18(23)15-7-10-19-16(13-15)24-6-3/h7,10,13-14H,4-6,8-9,11-12H2,1-3H3. The molecule has 2 heterocycles. The van der Waals surface area contributed by atoms with Gasteiger partial charge in [0.15, 0.2) is 0 Å². The van der Waals surface area contributed by atoms with Crippen LogP contribution in [-0.4, -0.2) is 58.5 Å². The molecular formula is C18H27N3O2S. The monoisotopic (exact) mass is 349 g/mol. The van der Waals surface area contributed by atoms with Crippen molar-refractivity contribution in [1.82, 2.24) is 14.8 Å². The Labute approximate surface area is 148 Å². The summed E-state index contributed by atoms with van der Waals surface area (Å²) in [6.07, 6.45) is 3.20. The summed E-state index contributed by atoms with van der Waals surface area (Å²) in [5, 5.41) is 0.884. The lowest BCUT2D eigenvalue weighted by Gasteiger charge is -2.33. The average molecular weight is 350 g/mol. The van der Waals surface area contributed by atoms with E-state index in [1.165, 1.54) is 0 Å². The van der Waals surface area contributed by atoms with Crippen molar-refractivity contribution < 1.29 is 9.59 Å². The lowest BCUT2D eigenvalue weighted by molar-refractivity contribution is -0.136. The summed E-state index contributed by atoms with van der Waals surface area (Å²) < 4.78 is 0. The molecule has 6 heteroatoms. The van der Waals surface area contributed by atoms with Crippen molar-refractivity contribution in [3.05, 3.63) is 23.9 Å². The van der Waals surface area contributed by atoms with Gasteiger partial charge in [0.2, 0.25) is 5.91 Å². The van der Waals surface area contributed by atoms with Gasteiger partial charge in [-0.2, -0.15) is 0 Å². The van der Waals surface area contributed by atoms with Gasteiger partial charge in [0, 0.05) is 43.9 Å². The third kappa shape index (κ3) is 4.50. The molecule has 2 rings (SSSR count). The van der Waals surface area contributed by atoms with Crippen molar-refractivity contribution in [2.45, 2.75) is 38.6 Å². The average Bonchev–Trinajstić information content (AvgIpc) is 2.62. The summed E-state index contributed by atoms with van der Waals surface area (Å²) in [7, 11) is 0. The molecule has 5 nitrogen and oxygen atoms in total. The zero-order valence-corrected chi connectivity index (χ0v) is 15.6. The highest BCUT2D eigenvalue weighted by Gasteiger charge is 2.29. The fraction of sp³-hybridized carbons (Fsp3) is 0.611. The highest BCUT2D eigenvalue weighted by atomic mass is 32.2. The highest BCUT2D eigenvalue weighted by Crippen LogP contribution is 2.22. The molecule has 132 valence electrons. The molecule has 24 heavy (non-hydrogen) atoms. The largest absolute Gasteiger partial charge is 0.343 e. The summed E-state index contributed by atoms with van der Waals surface area (Å²) in [6.45, 7) is 8.89. The van der Waals surface area contributed by atoms with Gasteiger partial charge in [0.05, 0.1) is 5.03 Å². The molecule has 0 N–H and O–H groups in total. The minimum absolute atomic E-state index is 0.0455. The Balaban J connectivity index is 1.95. The van der Waals surface area contributed by atoms with E-state index in [9.17, 15) is 9.59 Å². The molecule has 0 bridgehead atoms. The first-order valence-electron chi connectivity index (χ1n) is 8.77. The van der Waals surface area contributed by atoms with Crippen LogP contribution in [0.4, 0.5) is 0 Å². The molecule has 1 aromatic heterocycles. The molecule has 1 fully saturated rings. The number of amides is 2. The van der Waals surface area contributed by atoms with Gasteiger partial charge in [-0.1, -0.05) is 6.92 Å². The topological polar surface area (TPSA) is 53.5 Å². The minimum Gasteiger partial charge on any atom is -0.343 e. The predicted octanol–water partition coefficient (Wildman–Crippen LogP) is 2.91. The van der Waals surface area contributed by atoms with Gasteiger partial charge in [-0.15, -0.1) is 11.8 Å². The van der Waals surface area contributed by atoms with Gasteiger partial charge in [-0.3, -0.25) is 9.59 Å². The summed E-state index contributed by atoms with van der Waals surface area (Å²) >= 11 is 1.63. The molecule has 0 saturated carbocycles. The molecule has 1 aromatic rings. The molecule has 0 radical (unpaired) electrons. The van der Waals surface area contributed by atoms with Crippen LogP contribution >= 0.6 is 11.8 Å². The summed E-state index contributed by atoms with van der Waals surface area (Å²) in [5.41, 5.74) is 0.689. The maximum absolute atomic E-state index is 12.7. The summed E-state index contributed by atoms with van der Waals surface area (Å²) in [5.74, 6) is 1.27. The molecule has 0 aliphatic carbocycles. The van der Waals surface area contributed by atoms with Crippen LogP contribution in [0.25, 0.3) is 0 Å². The van der Waals surface area contributed by atoms with Crippen molar-refractivity contribution in [3.63, 3.8) is 0 Å². The number of pyridine rings is 1. The zero-order chi connectivity index (χ0) is 17.5. The smallest absolute Gasteiger partial charge is 0.254 e. The lowest BCUT2D eigenvalue weighted by Crippen LogP contribution is -2.44. The van der Waals surface area contributed by atoms with Gasteiger partial charge in [0.1, 0.15) is 0 Å². The second-order valence-corrected chi connectivity index (χ2v) is 7.18. The number of aromatic nitrogens is 1. The second kappa shape index (κ2) is 9.06. The van der Waals surface area contributed by atoms with Crippen LogP contribution in [-0.2, 0) is 4.79 Å². The first-order valence-corrected chi connectivity index (χ1v) is 9.76. The maximum atomic E-state index is 12.7. The fourth-order valence-corrected chi connectivity index (χ4v) is 3.72. The van der Waals surface area contributed by atoms with E-state index in [1.807, 2.05) is 29.7 Å². The van der Waals surface area contributed by atoms with Crippen LogP contribution in [0.1, 0.15) is 44.0 Å². The Bertz CT molecular complexity index is 567. The van der Waals surface area contributed by atoms with Crippen LogP contribution in [0.2, 0.25) is 0 Å². The van der Waals surface area contributed by atoms with E-state index in [-0.39, 0.29) is 17.7 Å². The SMILES string of the molecule is CCSc1cc(C(=O)N2CCC(C(=O)N(CC)CC)CC2)ccn1. The van der Waals surface area contributed by atoms with E-state index in [2.05, 4.69) is 11.9 Å². The Morgan fingerprint density at radius 2 is 1.92 bits per heavy atom. The third-order valence-corrected chi connectivity index (χ3v) is 5.29. The lowest BCUT2D eigenvalue weighted by atomic mass is 9.94. The first-order chi connectivity index (χ1) is 11.6. The van der Waals surface area contributed by atoms with E-state index in [1.54, 1.807) is 24.0 Å². The van der Waals surface area contributed by atoms with Crippen LogP contribution in [0.5, 0.6) is 0 Å². The third-order valence-electron chi connectivity index (χ3n) is 4.48. The number of piperidine rings is 1. The number of carbonyl (C=O) groups is 2. The number of nitrogens with zero attached hydrogens (tertiary/aromatic N) is 3. The molecule has 0 spiro atoms. The first kappa shape index (κ1) is 18.8. The molecule has 2 amide bonds. The number of likely N-dealkylation sites (tertiary alicyclic amines) is 1. The number of rotatable bonds is 6. The van der Waals surface area contributed by atoms with E-state index >= 15 is 0 Å². The van der Waals surface area contributed by atoms with Gasteiger partial charge >= 0.3 is 0 Å². The van der Waals surface area contributed by atoms with Crippen LogP contribution in [0.3, 0.4) is 0 Å². The van der Waals surface area contributed by atoms with E-state index < -0.39 is 0 Å². The van der Waals surface area contributed by atoms with Gasteiger partial charge in [-0.05, 0) is 44.6 Å². The number of carbonyl (C=O) groups excluding carboxylic acids is 2. The quantitative estimate of drug-likeness (QED) is 0.741. The minimum atomic E-state index is 0.0455. The van der Waals surface area contributed by atoms with Gasteiger partial charge in [-0.25, -0.2) is 4.98 Å². The molecule has 1 aliphatic heterocycles. The van der Waals surface area contributed by atoms with Crippen LogP contribution in [0.15, 0.2) is 23.4 Å². The van der Waals surface area contributed by atoms with Crippen molar-refractivity contribution in [1.29, 1.82) is 0 Å². The summed E-state index contributed by atoms with van der Waals surface area (Å²) in [4.78, 5) is 33.1. The fourth-order valence-electron chi connectivity index (χ4n) is 3.07. The van der Waals surface area contributed by atoms with Gasteiger partial charge in [0.25, 0.3) is 5.91 Å². The van der Waals surface area contributed by atoms with Crippen LogP contribution in [0, 0.1) is 5.92 Å². The van der Waals surface area contributed by atoms with E-state index in [0.717, 1.165) is 36.7 Å². The molecule has 1 saturated heterocycles. The van der Waals surface area contributed by atoms with E-state index in [4.69, 9.17) is 0 Å². The Hall–Kier alpha value is -1.56. The highest BCUT2D eigenvalue weighted by molar-refractivity contribution is 7.99. The van der Waals surface area contributed by atoms with E-state index in [0.29, 0.717) is 18.7 Å². The normalized spacial score (nSPS) is 15.4. The van der Waals surface area contributed by atoms with Crippen molar-refractivity contribution in [2.24, 2.45) is 5.92 Å². The van der Waals surface area contributed by atoms with Crippen molar-refractivity contribution in [3.8, 4) is 0 Å². The number of hydrogen-bond donors (Lipinski definition) is 0. The predicted molar refractivity (Wildman–Crippen MR) is 97.2 cm³/mol. The molecule has 0 aromatic carbocycles. The van der Waals surface area contributed by atoms with Crippen LogP contribution < -0.4 is 0 Å². The van der Waals surface area contributed by atoms with Gasteiger partial charge < -0.3 is 9.80 Å². The number of hydrogen-bond acceptors (Lipinski definition) is 4. The zero-order valence-electron chi connectivity index (χ0n) is 14.8. The molecule has 0 unspecified atom stereocenters. The van der Waals surface area contributed by atoms with Crippen molar-refractivity contribution >= 4 is 23.6 Å². The Morgan fingerprint density at radius 3 is 2.50 bits per heavy atom. The maximum Gasteiger partial charge on any atom is 0.254 e. The molecule has 0 atom stereocenters. The number of thioether (sulfide) groups is 1. The van der Waals surface area contributed by atoms with Crippen molar-refractivity contribution in [2.75, 3.05) is 31.9 Å². The molecule has 1 aliphatic rings. The second-order valence-electron chi connectivity index (χ2n) is 5.89. The summed E-state index contributed by atoms with van der Waals surface area (Å²) in [6, 6.07) is 3.64.